The van der Waals surface area contributed by atoms with Crippen LogP contribution in [0.5, 0.6) is 0 Å². The molecule has 22 heavy (non-hydrogen) atoms. The molecule has 3 atom stereocenters. The second-order valence-corrected chi connectivity index (χ2v) is 8.87. The number of thiophene rings is 1. The Kier molecular flexibility index (Phi) is 4.28. The second kappa shape index (κ2) is 5.92. The van der Waals surface area contributed by atoms with Crippen LogP contribution in [-0.4, -0.2) is 51.0 Å². The number of sulfonamides is 1. The summed E-state index contributed by atoms with van der Waals surface area (Å²) in [6, 6.07) is 1.82. The minimum atomic E-state index is -3.46. The molecule has 2 aliphatic heterocycles. The molecule has 1 aromatic heterocycles. The van der Waals surface area contributed by atoms with Crippen LogP contribution in [0.15, 0.2) is 15.7 Å². The molecule has 0 unspecified atom stereocenters. The van der Waals surface area contributed by atoms with Crippen molar-refractivity contribution in [1.29, 1.82) is 0 Å². The molecule has 1 N–H and O–H groups in total. The van der Waals surface area contributed by atoms with E-state index in [2.05, 4.69) is 5.32 Å². The Balaban J connectivity index is 1.75. The van der Waals surface area contributed by atoms with Crippen molar-refractivity contribution in [2.24, 2.45) is 5.92 Å². The number of rotatable bonds is 3. The molecule has 3 heterocycles. The number of aryl methyl sites for hydroxylation is 1. The summed E-state index contributed by atoms with van der Waals surface area (Å²) in [7, 11) is -1.87. The SMILES string of the molecule is CNC(=O)[C@H]1C[C@@H]2CCN(S(=O)(=O)c3sccc3C)C[C@@H]2O1. The largest absolute Gasteiger partial charge is 0.363 e. The normalized spacial score (nSPS) is 29.3. The van der Waals surface area contributed by atoms with Crippen molar-refractivity contribution in [2.75, 3.05) is 20.1 Å². The summed E-state index contributed by atoms with van der Waals surface area (Å²) in [4.78, 5) is 11.7. The van der Waals surface area contributed by atoms with Gasteiger partial charge in [0.15, 0.2) is 0 Å². The van der Waals surface area contributed by atoms with E-state index in [0.717, 1.165) is 12.0 Å². The average molecular weight is 344 g/mol. The number of likely N-dealkylation sites (N-methyl/N-ethyl adjacent to an activating group) is 1. The molecule has 2 saturated heterocycles. The summed E-state index contributed by atoms with van der Waals surface area (Å²) < 4.78 is 33.1. The van der Waals surface area contributed by atoms with Crippen LogP contribution < -0.4 is 5.32 Å². The molecule has 0 spiro atoms. The molecule has 2 fully saturated rings. The monoisotopic (exact) mass is 344 g/mol. The zero-order valence-electron chi connectivity index (χ0n) is 12.6. The molecule has 1 amide bonds. The van der Waals surface area contributed by atoms with Gasteiger partial charge in [-0.2, -0.15) is 4.31 Å². The lowest BCUT2D eigenvalue weighted by molar-refractivity contribution is -0.131. The van der Waals surface area contributed by atoms with E-state index < -0.39 is 16.1 Å². The van der Waals surface area contributed by atoms with Crippen LogP contribution in [0.4, 0.5) is 0 Å². The number of hydrogen-bond acceptors (Lipinski definition) is 5. The van der Waals surface area contributed by atoms with Crippen molar-refractivity contribution < 1.29 is 17.9 Å². The van der Waals surface area contributed by atoms with Crippen LogP contribution >= 0.6 is 11.3 Å². The maximum absolute atomic E-state index is 12.7. The Morgan fingerprint density at radius 1 is 1.50 bits per heavy atom. The van der Waals surface area contributed by atoms with Gasteiger partial charge in [0.1, 0.15) is 10.3 Å². The predicted molar refractivity (Wildman–Crippen MR) is 83.3 cm³/mol. The fourth-order valence-corrected chi connectivity index (χ4v) is 6.21. The summed E-state index contributed by atoms with van der Waals surface area (Å²) in [6.45, 7) is 2.63. The topological polar surface area (TPSA) is 75.7 Å². The molecular weight excluding hydrogens is 324 g/mol. The fraction of sp³-hybridized carbons (Fsp3) is 0.643. The van der Waals surface area contributed by atoms with Gasteiger partial charge in [-0.25, -0.2) is 8.42 Å². The van der Waals surface area contributed by atoms with E-state index in [4.69, 9.17) is 4.74 Å². The summed E-state index contributed by atoms with van der Waals surface area (Å²) >= 11 is 1.25. The maximum Gasteiger partial charge on any atom is 0.252 e. The molecule has 0 bridgehead atoms. The molecule has 0 aliphatic carbocycles. The Labute approximate surface area is 134 Å². The molecule has 8 heteroatoms. The summed E-state index contributed by atoms with van der Waals surface area (Å²) in [5.41, 5.74) is 0.780. The van der Waals surface area contributed by atoms with Gasteiger partial charge in [-0.1, -0.05) is 0 Å². The number of piperidine rings is 1. The molecule has 0 radical (unpaired) electrons. The summed E-state index contributed by atoms with van der Waals surface area (Å²) in [6.07, 6.45) is 0.773. The zero-order chi connectivity index (χ0) is 15.9. The quantitative estimate of drug-likeness (QED) is 0.886. The van der Waals surface area contributed by atoms with E-state index in [1.165, 1.54) is 15.6 Å². The van der Waals surface area contributed by atoms with Crippen molar-refractivity contribution in [2.45, 2.75) is 36.2 Å². The number of nitrogens with zero attached hydrogens (tertiary/aromatic N) is 1. The molecule has 0 aromatic carbocycles. The van der Waals surface area contributed by atoms with Gasteiger partial charge in [-0.15, -0.1) is 11.3 Å². The van der Waals surface area contributed by atoms with Crippen LogP contribution in [0.1, 0.15) is 18.4 Å². The summed E-state index contributed by atoms with van der Waals surface area (Å²) in [5, 5.41) is 4.39. The number of hydrogen-bond donors (Lipinski definition) is 1. The van der Waals surface area contributed by atoms with E-state index in [-0.39, 0.29) is 17.9 Å². The standard InChI is InChI=1S/C14H20N2O4S2/c1-9-4-6-21-14(9)22(18,19)16-5-3-10-7-11(13(17)15-2)20-12(10)8-16/h4,6,10-12H,3,5,7-8H2,1-2H3,(H,15,17)/t10-,11+,12-/m0/s1. The Morgan fingerprint density at radius 3 is 2.91 bits per heavy atom. The maximum atomic E-state index is 12.7. The third kappa shape index (κ3) is 2.68. The van der Waals surface area contributed by atoms with E-state index in [1.807, 2.05) is 13.0 Å². The number of carbonyl (C=O) groups excluding carboxylic acids is 1. The van der Waals surface area contributed by atoms with Gasteiger partial charge >= 0.3 is 0 Å². The highest BCUT2D eigenvalue weighted by Gasteiger charge is 2.44. The van der Waals surface area contributed by atoms with Gasteiger partial charge in [-0.05, 0) is 42.7 Å². The van der Waals surface area contributed by atoms with Crippen LogP contribution in [0, 0.1) is 12.8 Å². The Morgan fingerprint density at radius 2 is 2.27 bits per heavy atom. The summed E-state index contributed by atoms with van der Waals surface area (Å²) in [5.74, 6) is 0.135. The van der Waals surface area contributed by atoms with Crippen molar-refractivity contribution in [3.05, 3.63) is 17.0 Å². The molecular formula is C14H20N2O4S2. The lowest BCUT2D eigenvalue weighted by Crippen LogP contribution is -2.45. The molecule has 2 aliphatic rings. The highest BCUT2D eigenvalue weighted by atomic mass is 32.2. The van der Waals surface area contributed by atoms with E-state index >= 15 is 0 Å². The first-order valence-corrected chi connectivity index (χ1v) is 9.66. The Bertz CT molecular complexity index is 670. The van der Waals surface area contributed by atoms with E-state index in [0.29, 0.717) is 23.7 Å². The third-order valence-corrected chi connectivity index (χ3v) is 7.97. The minimum Gasteiger partial charge on any atom is -0.363 e. The number of fused-ring (bicyclic) bond motifs is 1. The van der Waals surface area contributed by atoms with Gasteiger partial charge in [0.05, 0.1) is 6.10 Å². The first-order valence-electron chi connectivity index (χ1n) is 7.34. The molecule has 0 saturated carbocycles. The molecule has 6 nitrogen and oxygen atoms in total. The first-order chi connectivity index (χ1) is 10.4. The van der Waals surface area contributed by atoms with Gasteiger partial charge < -0.3 is 10.1 Å². The lowest BCUT2D eigenvalue weighted by Gasteiger charge is -2.33. The second-order valence-electron chi connectivity index (χ2n) is 5.82. The van der Waals surface area contributed by atoms with Crippen LogP contribution in [0.25, 0.3) is 0 Å². The van der Waals surface area contributed by atoms with Crippen LogP contribution in [0.3, 0.4) is 0 Å². The van der Waals surface area contributed by atoms with Crippen molar-refractivity contribution in [3.63, 3.8) is 0 Å². The lowest BCUT2D eigenvalue weighted by atomic mass is 9.93. The molecule has 122 valence electrons. The van der Waals surface area contributed by atoms with Gasteiger partial charge in [0, 0.05) is 20.1 Å². The fourth-order valence-electron chi connectivity index (χ4n) is 3.19. The highest BCUT2D eigenvalue weighted by Crippen LogP contribution is 2.36. The van der Waals surface area contributed by atoms with Crippen molar-refractivity contribution >= 4 is 27.3 Å². The van der Waals surface area contributed by atoms with Gasteiger partial charge in [0.2, 0.25) is 5.91 Å². The van der Waals surface area contributed by atoms with Crippen molar-refractivity contribution in [3.8, 4) is 0 Å². The third-order valence-electron chi connectivity index (χ3n) is 4.44. The van der Waals surface area contributed by atoms with Crippen LogP contribution in [-0.2, 0) is 19.6 Å². The number of amides is 1. The van der Waals surface area contributed by atoms with Gasteiger partial charge in [-0.3, -0.25) is 4.79 Å². The highest BCUT2D eigenvalue weighted by molar-refractivity contribution is 7.91. The number of carbonyl (C=O) groups is 1. The van der Waals surface area contributed by atoms with E-state index in [1.54, 1.807) is 12.4 Å². The van der Waals surface area contributed by atoms with Crippen LogP contribution in [0.2, 0.25) is 0 Å². The smallest absolute Gasteiger partial charge is 0.252 e. The average Bonchev–Trinajstić information content (AvgIpc) is 3.11. The molecule has 1 aromatic rings. The number of nitrogens with one attached hydrogen (secondary N) is 1. The minimum absolute atomic E-state index is 0.127. The van der Waals surface area contributed by atoms with Gasteiger partial charge in [0.25, 0.3) is 10.0 Å². The first kappa shape index (κ1) is 15.9. The molecule has 3 rings (SSSR count). The number of ether oxygens (including phenoxy) is 1. The predicted octanol–water partition coefficient (Wildman–Crippen LogP) is 0.971. The Hall–Kier alpha value is -0.960. The zero-order valence-corrected chi connectivity index (χ0v) is 14.2. The van der Waals surface area contributed by atoms with E-state index in [9.17, 15) is 13.2 Å². The van der Waals surface area contributed by atoms with Crippen molar-refractivity contribution in [1.82, 2.24) is 9.62 Å².